The smallest absolute Gasteiger partial charge is 0.319 e. The van der Waals surface area contributed by atoms with E-state index in [1.807, 2.05) is 30.3 Å². The summed E-state index contributed by atoms with van der Waals surface area (Å²) in [5.74, 6) is -0.422. The maximum absolute atomic E-state index is 12.9. The van der Waals surface area contributed by atoms with Crippen molar-refractivity contribution < 1.29 is 19.4 Å². The third-order valence-corrected chi connectivity index (χ3v) is 4.63. The largest absolute Gasteiger partial charge is 0.504 e. The summed E-state index contributed by atoms with van der Waals surface area (Å²) in [4.78, 5) is 24.9. The first-order chi connectivity index (χ1) is 13.4. The van der Waals surface area contributed by atoms with Crippen molar-refractivity contribution in [2.45, 2.75) is 19.5 Å². The third kappa shape index (κ3) is 4.04. The number of rotatable bonds is 5. The molecule has 0 saturated heterocycles. The van der Waals surface area contributed by atoms with Gasteiger partial charge in [-0.1, -0.05) is 41.9 Å². The Kier molecular flexibility index (Phi) is 5.75. The number of hydrogen-bond donors (Lipinski definition) is 4. The molecule has 0 radical (unpaired) electrons. The Hall–Kier alpha value is -3.19. The van der Waals surface area contributed by atoms with Crippen molar-refractivity contribution >= 4 is 23.5 Å². The van der Waals surface area contributed by atoms with E-state index in [1.54, 1.807) is 6.92 Å². The monoisotopic (exact) mass is 401 g/mol. The Morgan fingerprint density at radius 3 is 2.68 bits per heavy atom. The molecule has 0 fully saturated rings. The van der Waals surface area contributed by atoms with E-state index in [9.17, 15) is 14.7 Å². The van der Waals surface area contributed by atoms with Crippen LogP contribution in [0.15, 0.2) is 53.7 Å². The summed E-state index contributed by atoms with van der Waals surface area (Å²) in [7, 11) is 1.39. The predicted octanol–water partition coefficient (Wildman–Crippen LogP) is 3.00. The van der Waals surface area contributed by atoms with E-state index in [0.29, 0.717) is 17.3 Å². The first-order valence-corrected chi connectivity index (χ1v) is 8.95. The number of phenols is 1. The molecule has 0 aromatic heterocycles. The lowest BCUT2D eigenvalue weighted by Crippen LogP contribution is -2.47. The highest BCUT2D eigenvalue weighted by molar-refractivity contribution is 6.30. The molecule has 0 saturated carbocycles. The quantitative estimate of drug-likeness (QED) is 0.618. The summed E-state index contributed by atoms with van der Waals surface area (Å²) in [6, 6.07) is 11.0. The van der Waals surface area contributed by atoms with Crippen LogP contribution >= 0.6 is 11.6 Å². The van der Waals surface area contributed by atoms with Gasteiger partial charge in [0.1, 0.15) is 0 Å². The van der Waals surface area contributed by atoms with E-state index in [4.69, 9.17) is 16.3 Å². The highest BCUT2D eigenvalue weighted by Gasteiger charge is 2.33. The zero-order chi connectivity index (χ0) is 20.3. The average molecular weight is 402 g/mol. The van der Waals surface area contributed by atoms with Crippen molar-refractivity contribution in [3.63, 3.8) is 0 Å². The van der Waals surface area contributed by atoms with Crippen molar-refractivity contribution in [3.05, 3.63) is 69.9 Å². The molecule has 28 heavy (non-hydrogen) atoms. The van der Waals surface area contributed by atoms with E-state index in [0.717, 1.165) is 5.56 Å². The molecule has 0 bridgehead atoms. The molecule has 146 valence electrons. The van der Waals surface area contributed by atoms with Crippen LogP contribution in [0.1, 0.15) is 24.1 Å². The SMILES string of the molecule is COc1cc(Cl)cc([C@@H]2NC(=O)NC(C)=C2C(=O)NCc2ccccc2)c1O. The fourth-order valence-corrected chi connectivity index (χ4v) is 3.29. The first-order valence-electron chi connectivity index (χ1n) is 8.57. The molecular weight excluding hydrogens is 382 g/mol. The number of carbonyl (C=O) groups excluding carboxylic acids is 2. The summed E-state index contributed by atoms with van der Waals surface area (Å²) in [6.45, 7) is 1.95. The topological polar surface area (TPSA) is 99.7 Å². The number of benzene rings is 2. The lowest BCUT2D eigenvalue weighted by Gasteiger charge is -2.29. The van der Waals surface area contributed by atoms with Crippen molar-refractivity contribution in [1.29, 1.82) is 0 Å². The standard InChI is InChI=1S/C20H20ClN3O4/c1-11-16(19(26)22-10-12-6-4-3-5-7-12)17(24-20(27)23-11)14-8-13(21)9-15(28-2)18(14)25/h3-9,17,25H,10H2,1-2H3,(H,22,26)(H2,23,24,27)/t17-/m0/s1. The number of nitrogens with one attached hydrogen (secondary N) is 3. The number of carbonyl (C=O) groups is 2. The minimum Gasteiger partial charge on any atom is -0.504 e. The summed E-state index contributed by atoms with van der Waals surface area (Å²) < 4.78 is 5.13. The number of hydrogen-bond acceptors (Lipinski definition) is 4. The molecular formula is C20H20ClN3O4. The van der Waals surface area contributed by atoms with E-state index in [-0.39, 0.29) is 28.5 Å². The Balaban J connectivity index is 1.95. The second-order valence-corrected chi connectivity index (χ2v) is 6.72. The van der Waals surface area contributed by atoms with E-state index in [2.05, 4.69) is 16.0 Å². The Bertz CT molecular complexity index is 944. The van der Waals surface area contributed by atoms with Gasteiger partial charge in [0.25, 0.3) is 5.91 Å². The van der Waals surface area contributed by atoms with Crippen LogP contribution in [0.3, 0.4) is 0 Å². The van der Waals surface area contributed by atoms with E-state index < -0.39 is 12.1 Å². The lowest BCUT2D eigenvalue weighted by atomic mass is 9.93. The maximum Gasteiger partial charge on any atom is 0.319 e. The number of aromatic hydroxyl groups is 1. The molecule has 1 aliphatic rings. The van der Waals surface area contributed by atoms with Crippen LogP contribution in [0.5, 0.6) is 11.5 Å². The molecule has 1 heterocycles. The normalized spacial score (nSPS) is 16.2. The van der Waals surface area contributed by atoms with Gasteiger partial charge in [0.2, 0.25) is 0 Å². The molecule has 0 spiro atoms. The zero-order valence-corrected chi connectivity index (χ0v) is 16.1. The van der Waals surface area contributed by atoms with E-state index in [1.165, 1.54) is 19.2 Å². The molecule has 2 aromatic carbocycles. The van der Waals surface area contributed by atoms with Gasteiger partial charge >= 0.3 is 6.03 Å². The molecule has 8 heteroatoms. The summed E-state index contributed by atoms with van der Waals surface area (Å²) in [6.07, 6.45) is 0. The van der Waals surface area contributed by atoms with E-state index >= 15 is 0 Å². The highest BCUT2D eigenvalue weighted by Crippen LogP contribution is 2.40. The second kappa shape index (κ2) is 8.22. The van der Waals surface area contributed by atoms with Crippen molar-refractivity contribution in [2.24, 2.45) is 0 Å². The van der Waals surface area contributed by atoms with Crippen LogP contribution in [0.25, 0.3) is 0 Å². The van der Waals surface area contributed by atoms with Gasteiger partial charge in [-0.15, -0.1) is 0 Å². The zero-order valence-electron chi connectivity index (χ0n) is 15.4. The highest BCUT2D eigenvalue weighted by atomic mass is 35.5. The third-order valence-electron chi connectivity index (χ3n) is 4.41. The van der Waals surface area contributed by atoms with Crippen LogP contribution < -0.4 is 20.7 Å². The van der Waals surface area contributed by atoms with Crippen LogP contribution in [-0.4, -0.2) is 24.2 Å². The fraction of sp³-hybridized carbons (Fsp3) is 0.200. The minimum absolute atomic E-state index is 0.150. The van der Waals surface area contributed by atoms with Crippen LogP contribution in [0.2, 0.25) is 5.02 Å². The minimum atomic E-state index is -0.892. The number of amides is 3. The van der Waals surface area contributed by atoms with Crippen LogP contribution in [0, 0.1) is 0 Å². The van der Waals surface area contributed by atoms with Gasteiger partial charge in [-0.25, -0.2) is 4.79 Å². The van der Waals surface area contributed by atoms with Gasteiger partial charge in [-0.3, -0.25) is 4.79 Å². The number of urea groups is 1. The molecule has 0 unspecified atom stereocenters. The van der Waals surface area contributed by atoms with Crippen molar-refractivity contribution in [3.8, 4) is 11.5 Å². The molecule has 4 N–H and O–H groups in total. The molecule has 1 aliphatic heterocycles. The van der Waals surface area contributed by atoms with Crippen molar-refractivity contribution in [2.75, 3.05) is 7.11 Å². The second-order valence-electron chi connectivity index (χ2n) is 6.28. The number of phenolic OH excluding ortho intramolecular Hbond substituents is 1. The average Bonchev–Trinajstić information content (AvgIpc) is 2.67. The lowest BCUT2D eigenvalue weighted by molar-refractivity contribution is -0.118. The maximum atomic E-state index is 12.9. The number of halogens is 1. The molecule has 7 nitrogen and oxygen atoms in total. The van der Waals surface area contributed by atoms with Gasteiger partial charge in [0.05, 0.1) is 18.7 Å². The Morgan fingerprint density at radius 1 is 1.29 bits per heavy atom. The molecule has 3 amide bonds. The summed E-state index contributed by atoms with van der Waals surface area (Å²) in [5.41, 5.74) is 1.86. The number of allylic oxidation sites excluding steroid dienone is 1. The van der Waals surface area contributed by atoms with Gasteiger partial charge in [-0.05, 0) is 18.6 Å². The Labute approximate surface area is 167 Å². The molecule has 3 rings (SSSR count). The number of methoxy groups -OCH3 is 1. The van der Waals surface area contributed by atoms with Crippen molar-refractivity contribution in [1.82, 2.24) is 16.0 Å². The van der Waals surface area contributed by atoms with Crippen LogP contribution in [0.4, 0.5) is 4.79 Å². The molecule has 1 atom stereocenters. The summed E-state index contributed by atoms with van der Waals surface area (Å²) >= 11 is 6.13. The molecule has 0 aliphatic carbocycles. The molecule has 2 aromatic rings. The van der Waals surface area contributed by atoms with Gasteiger partial charge < -0.3 is 25.8 Å². The van der Waals surface area contributed by atoms with Gasteiger partial charge in [0, 0.05) is 28.9 Å². The van der Waals surface area contributed by atoms with Gasteiger partial charge in [-0.2, -0.15) is 0 Å². The Morgan fingerprint density at radius 2 is 2.00 bits per heavy atom. The van der Waals surface area contributed by atoms with Crippen LogP contribution in [-0.2, 0) is 11.3 Å². The summed E-state index contributed by atoms with van der Waals surface area (Å²) in [5, 5.41) is 18.9. The fourth-order valence-electron chi connectivity index (χ4n) is 3.07. The number of ether oxygens (including phenoxy) is 1. The first kappa shape index (κ1) is 19.6. The predicted molar refractivity (Wildman–Crippen MR) is 105 cm³/mol. The van der Waals surface area contributed by atoms with Gasteiger partial charge in [0.15, 0.2) is 11.5 Å².